The van der Waals surface area contributed by atoms with Crippen LogP contribution in [0.1, 0.15) is 11.7 Å². The number of benzene rings is 1. The van der Waals surface area contributed by atoms with Gasteiger partial charge in [0.25, 0.3) is 0 Å². The Balaban J connectivity index is 2.42. The van der Waals surface area contributed by atoms with Crippen LogP contribution in [0, 0.1) is 0 Å². The van der Waals surface area contributed by atoms with E-state index in [0.717, 1.165) is 0 Å². The fourth-order valence-corrected chi connectivity index (χ4v) is 1.50. The van der Waals surface area contributed by atoms with Crippen LogP contribution in [0.2, 0.25) is 0 Å². The summed E-state index contributed by atoms with van der Waals surface area (Å²) >= 11 is 0. The number of primary amides is 1. The molecule has 90 valence electrons. The average molecular weight is 237 g/mol. The maximum Gasteiger partial charge on any atom is 0.249 e. The molecule has 1 aromatic heterocycles. The second-order valence-electron chi connectivity index (χ2n) is 3.62. The molecule has 0 aliphatic heterocycles. The van der Waals surface area contributed by atoms with Crippen molar-refractivity contribution in [1.29, 1.82) is 0 Å². The van der Waals surface area contributed by atoms with Gasteiger partial charge in [0.2, 0.25) is 5.91 Å². The summed E-state index contributed by atoms with van der Waals surface area (Å²) in [4.78, 5) is 10.8. The van der Waals surface area contributed by atoms with Gasteiger partial charge >= 0.3 is 0 Å². The van der Waals surface area contributed by atoms with Gasteiger partial charge in [-0.05, 0) is 17.7 Å². The van der Waals surface area contributed by atoms with Crippen molar-refractivity contribution in [3.63, 3.8) is 0 Å². The molecule has 2 aromatic rings. The van der Waals surface area contributed by atoms with Crippen molar-refractivity contribution in [2.24, 2.45) is 5.73 Å². The van der Waals surface area contributed by atoms with Crippen LogP contribution in [0.5, 0.6) is 0 Å². The normalized spacial score (nSPS) is 14.7. The van der Waals surface area contributed by atoms with Crippen molar-refractivity contribution in [2.45, 2.75) is 12.2 Å². The lowest BCUT2D eigenvalue weighted by atomic mass is 10.0. The predicted molar refractivity (Wildman–Crippen MR) is 58.6 cm³/mol. The van der Waals surface area contributed by atoms with Gasteiger partial charge in [-0.1, -0.05) is 11.2 Å². The highest BCUT2D eigenvalue weighted by Crippen LogP contribution is 2.25. The number of nitrogens with zero attached hydrogens (tertiary/aromatic N) is 1. The number of carbonyl (C=O) groups is 1. The van der Waals surface area contributed by atoms with E-state index < -0.39 is 18.1 Å². The Labute approximate surface area is 95.6 Å². The Hall–Kier alpha value is -2.12. The van der Waals surface area contributed by atoms with Crippen molar-refractivity contribution in [3.8, 4) is 0 Å². The zero-order valence-corrected chi connectivity index (χ0v) is 8.70. The number of amides is 1. The lowest BCUT2D eigenvalue weighted by Crippen LogP contribution is -2.33. The number of fused-ring (bicyclic) bond motifs is 1. The third kappa shape index (κ3) is 1.93. The summed E-state index contributed by atoms with van der Waals surface area (Å²) in [7, 11) is 0. The van der Waals surface area contributed by atoms with Crippen LogP contribution >= 0.6 is 0 Å². The van der Waals surface area contributed by atoms with Gasteiger partial charge in [0, 0.05) is 0 Å². The molecular weight excluding hydrogens is 226 g/mol. The van der Waals surface area contributed by atoms with Crippen LogP contribution in [-0.4, -0.2) is 27.4 Å². The Morgan fingerprint density at radius 2 is 2.12 bits per heavy atom. The van der Waals surface area contributed by atoms with E-state index in [1.54, 1.807) is 0 Å². The molecule has 0 spiro atoms. The van der Waals surface area contributed by atoms with E-state index in [9.17, 15) is 15.0 Å². The molecule has 0 aliphatic rings. The number of hydrogen-bond acceptors (Lipinski definition) is 6. The largest absolute Gasteiger partial charge is 0.385 e. The van der Waals surface area contributed by atoms with Gasteiger partial charge in [0.05, 0.1) is 5.39 Å². The van der Waals surface area contributed by atoms with Gasteiger partial charge in [-0.25, -0.2) is 0 Å². The third-order valence-electron chi connectivity index (χ3n) is 2.45. The molecule has 1 heterocycles. The summed E-state index contributed by atoms with van der Waals surface area (Å²) in [6, 6.07) is 4.51. The molecule has 0 aliphatic carbocycles. The fourth-order valence-electron chi connectivity index (χ4n) is 1.50. The van der Waals surface area contributed by atoms with Crippen LogP contribution in [0.4, 0.5) is 5.82 Å². The second-order valence-corrected chi connectivity index (χ2v) is 3.62. The SMILES string of the molecule is NC(=O)C(O)C(O)c1ccc2onc(N)c2c1. The lowest BCUT2D eigenvalue weighted by molar-refractivity contribution is -0.131. The smallest absolute Gasteiger partial charge is 0.249 e. The highest BCUT2D eigenvalue weighted by Gasteiger charge is 2.24. The van der Waals surface area contributed by atoms with E-state index in [2.05, 4.69) is 5.16 Å². The number of hydrogen-bond donors (Lipinski definition) is 4. The summed E-state index contributed by atoms with van der Waals surface area (Å²) in [6.45, 7) is 0. The van der Waals surface area contributed by atoms with Crippen LogP contribution in [0.25, 0.3) is 11.0 Å². The zero-order chi connectivity index (χ0) is 12.6. The molecule has 7 heteroatoms. The summed E-state index contributed by atoms with van der Waals surface area (Å²) < 4.78 is 4.88. The van der Waals surface area contributed by atoms with Crippen molar-refractivity contribution < 1.29 is 19.5 Å². The summed E-state index contributed by atoms with van der Waals surface area (Å²) in [5, 5.41) is 23.1. The number of rotatable bonds is 3. The number of aliphatic hydroxyl groups excluding tert-OH is 2. The number of aliphatic hydroxyl groups is 2. The topological polar surface area (TPSA) is 136 Å². The van der Waals surface area contributed by atoms with Gasteiger partial charge in [-0.2, -0.15) is 0 Å². The minimum atomic E-state index is -1.67. The van der Waals surface area contributed by atoms with E-state index in [1.165, 1.54) is 18.2 Å². The predicted octanol–water partition coefficient (Wildman–Crippen LogP) is -0.710. The minimum Gasteiger partial charge on any atom is -0.385 e. The molecular formula is C10H11N3O4. The molecule has 0 saturated carbocycles. The maximum atomic E-state index is 10.8. The summed E-state index contributed by atoms with van der Waals surface area (Å²) in [6.07, 6.45) is -3.08. The van der Waals surface area contributed by atoms with Gasteiger partial charge in [0.1, 0.15) is 6.10 Å². The molecule has 0 bridgehead atoms. The molecule has 7 nitrogen and oxygen atoms in total. The van der Waals surface area contributed by atoms with E-state index in [0.29, 0.717) is 16.5 Å². The quantitative estimate of drug-likeness (QED) is 0.556. The highest BCUT2D eigenvalue weighted by molar-refractivity contribution is 5.87. The molecule has 17 heavy (non-hydrogen) atoms. The van der Waals surface area contributed by atoms with E-state index in [4.69, 9.17) is 16.0 Å². The Kier molecular flexibility index (Phi) is 2.70. The van der Waals surface area contributed by atoms with Crippen LogP contribution in [-0.2, 0) is 4.79 Å². The Morgan fingerprint density at radius 3 is 2.76 bits per heavy atom. The van der Waals surface area contributed by atoms with Gasteiger partial charge in [-0.3, -0.25) is 4.79 Å². The summed E-state index contributed by atoms with van der Waals surface area (Å²) in [5.41, 5.74) is 11.2. The molecule has 0 saturated heterocycles. The number of anilines is 1. The van der Waals surface area contributed by atoms with E-state index in [-0.39, 0.29) is 5.82 Å². The third-order valence-corrected chi connectivity index (χ3v) is 2.45. The molecule has 2 atom stereocenters. The molecule has 0 radical (unpaired) electrons. The van der Waals surface area contributed by atoms with Gasteiger partial charge < -0.3 is 26.2 Å². The number of nitrogens with two attached hydrogens (primary N) is 2. The first-order valence-corrected chi connectivity index (χ1v) is 4.81. The van der Waals surface area contributed by atoms with Crippen LogP contribution < -0.4 is 11.5 Å². The van der Waals surface area contributed by atoms with Crippen LogP contribution in [0.3, 0.4) is 0 Å². The number of nitrogen functional groups attached to an aromatic ring is 1. The standard InChI is InChI=1S/C10H11N3O4/c11-9-5-3-4(1-2-6(5)17-13-9)7(14)8(15)10(12)16/h1-3,7-8,14-15H,(H2,11,13)(H2,12,16). The first-order chi connectivity index (χ1) is 8.00. The first-order valence-electron chi connectivity index (χ1n) is 4.81. The lowest BCUT2D eigenvalue weighted by Gasteiger charge is -2.14. The molecule has 2 unspecified atom stereocenters. The highest BCUT2D eigenvalue weighted by atomic mass is 16.5. The number of carbonyl (C=O) groups excluding carboxylic acids is 1. The van der Waals surface area contributed by atoms with Crippen molar-refractivity contribution in [2.75, 3.05) is 5.73 Å². The maximum absolute atomic E-state index is 10.8. The summed E-state index contributed by atoms with van der Waals surface area (Å²) in [5.74, 6) is -0.835. The molecule has 1 aromatic carbocycles. The van der Waals surface area contributed by atoms with Crippen molar-refractivity contribution in [3.05, 3.63) is 23.8 Å². The van der Waals surface area contributed by atoms with Crippen molar-refractivity contribution >= 4 is 22.7 Å². The van der Waals surface area contributed by atoms with Gasteiger partial charge in [0.15, 0.2) is 17.5 Å². The zero-order valence-electron chi connectivity index (χ0n) is 8.70. The monoisotopic (exact) mass is 237 g/mol. The second kappa shape index (κ2) is 4.04. The van der Waals surface area contributed by atoms with E-state index in [1.807, 2.05) is 0 Å². The Morgan fingerprint density at radius 1 is 1.41 bits per heavy atom. The van der Waals surface area contributed by atoms with Gasteiger partial charge in [-0.15, -0.1) is 0 Å². The first kappa shape index (κ1) is 11.4. The fraction of sp³-hybridized carbons (Fsp3) is 0.200. The Bertz CT molecular complexity index is 566. The minimum absolute atomic E-state index is 0.169. The molecule has 0 fully saturated rings. The van der Waals surface area contributed by atoms with E-state index >= 15 is 0 Å². The van der Waals surface area contributed by atoms with Crippen molar-refractivity contribution in [1.82, 2.24) is 5.16 Å². The molecule has 1 amide bonds. The molecule has 6 N–H and O–H groups in total. The van der Waals surface area contributed by atoms with Crippen LogP contribution in [0.15, 0.2) is 22.7 Å². The average Bonchev–Trinajstić information content (AvgIpc) is 2.68. The number of aromatic nitrogens is 1. The molecule has 2 rings (SSSR count).